The Kier molecular flexibility index (Phi) is 6.06. The Balaban J connectivity index is 1.81. The van der Waals surface area contributed by atoms with Crippen molar-refractivity contribution in [3.05, 3.63) is 109 Å². The molecular formula is C24H19BrN4O4. The summed E-state index contributed by atoms with van der Waals surface area (Å²) in [6.07, 6.45) is 0. The van der Waals surface area contributed by atoms with E-state index in [0.717, 1.165) is 4.47 Å². The van der Waals surface area contributed by atoms with Gasteiger partial charge in [0, 0.05) is 29.2 Å². The second-order valence-corrected chi connectivity index (χ2v) is 8.42. The molecule has 1 unspecified atom stereocenters. The number of nitro benzene ring substituents is 1. The minimum atomic E-state index is -0.575. The van der Waals surface area contributed by atoms with Gasteiger partial charge in [-0.2, -0.15) is 0 Å². The van der Waals surface area contributed by atoms with E-state index in [1.807, 2.05) is 12.1 Å². The number of nitrogens with zero attached hydrogens (tertiary/aromatic N) is 4. The third kappa shape index (κ3) is 4.27. The van der Waals surface area contributed by atoms with Crippen LogP contribution in [0.3, 0.4) is 0 Å². The molecule has 4 aromatic rings. The minimum absolute atomic E-state index is 0.0949. The maximum Gasteiger partial charge on any atom is 0.269 e. The Morgan fingerprint density at radius 2 is 1.70 bits per heavy atom. The number of carbonyl (C=O) groups excluding carboxylic acids is 1. The number of rotatable bonds is 5. The maximum absolute atomic E-state index is 13.4. The summed E-state index contributed by atoms with van der Waals surface area (Å²) in [6, 6.07) is 19.2. The fourth-order valence-corrected chi connectivity index (χ4v) is 3.81. The fraction of sp³-hybridized carbons (Fsp3) is 0.125. The Morgan fingerprint density at radius 3 is 2.33 bits per heavy atom. The normalized spacial score (nSPS) is 11.8. The number of hydrogen-bond acceptors (Lipinski definition) is 5. The van der Waals surface area contributed by atoms with E-state index in [1.54, 1.807) is 50.4 Å². The number of amides is 1. The molecule has 0 saturated heterocycles. The van der Waals surface area contributed by atoms with Crippen LogP contribution >= 0.6 is 15.9 Å². The van der Waals surface area contributed by atoms with Crippen LogP contribution in [-0.4, -0.2) is 32.3 Å². The van der Waals surface area contributed by atoms with Gasteiger partial charge in [0.05, 0.1) is 27.6 Å². The summed E-state index contributed by atoms with van der Waals surface area (Å²) in [4.78, 5) is 43.2. The Bertz CT molecular complexity index is 1420. The second kappa shape index (κ2) is 8.95. The number of halogens is 1. The summed E-state index contributed by atoms with van der Waals surface area (Å²) in [5.41, 5.74) is 1.13. The number of carbonyl (C=O) groups is 1. The first-order valence-electron chi connectivity index (χ1n) is 10.1. The summed E-state index contributed by atoms with van der Waals surface area (Å²) in [7, 11) is 1.61. The van der Waals surface area contributed by atoms with Crippen molar-refractivity contribution >= 4 is 38.4 Å². The molecule has 0 aliphatic carbocycles. The molecule has 33 heavy (non-hydrogen) atoms. The number of benzene rings is 3. The van der Waals surface area contributed by atoms with Crippen molar-refractivity contribution in [2.45, 2.75) is 13.0 Å². The van der Waals surface area contributed by atoms with Gasteiger partial charge in [-0.1, -0.05) is 28.1 Å². The van der Waals surface area contributed by atoms with Crippen LogP contribution < -0.4 is 5.56 Å². The van der Waals surface area contributed by atoms with Crippen LogP contribution in [0.5, 0.6) is 0 Å². The molecule has 166 valence electrons. The molecule has 1 aromatic heterocycles. The van der Waals surface area contributed by atoms with Gasteiger partial charge in [0.1, 0.15) is 5.82 Å². The zero-order valence-corrected chi connectivity index (χ0v) is 19.4. The first kappa shape index (κ1) is 22.3. The quantitative estimate of drug-likeness (QED) is 0.283. The largest absolute Gasteiger partial charge is 0.332 e. The topological polar surface area (TPSA) is 98.3 Å². The monoisotopic (exact) mass is 506 g/mol. The number of fused-ring (bicyclic) bond motifs is 1. The van der Waals surface area contributed by atoms with Gasteiger partial charge in [-0.05, 0) is 55.5 Å². The van der Waals surface area contributed by atoms with Crippen molar-refractivity contribution in [2.75, 3.05) is 7.05 Å². The molecule has 9 heteroatoms. The predicted molar refractivity (Wildman–Crippen MR) is 129 cm³/mol. The molecule has 0 N–H and O–H groups in total. The highest BCUT2D eigenvalue weighted by Crippen LogP contribution is 2.24. The van der Waals surface area contributed by atoms with Gasteiger partial charge in [0.25, 0.3) is 17.2 Å². The molecule has 8 nitrogen and oxygen atoms in total. The molecule has 1 heterocycles. The summed E-state index contributed by atoms with van der Waals surface area (Å²) in [6.45, 7) is 1.79. The summed E-state index contributed by atoms with van der Waals surface area (Å²) < 4.78 is 2.38. The van der Waals surface area contributed by atoms with Crippen molar-refractivity contribution in [1.29, 1.82) is 0 Å². The molecule has 0 aliphatic heterocycles. The smallest absolute Gasteiger partial charge is 0.269 e. The molecule has 0 saturated carbocycles. The number of nitro groups is 1. The zero-order chi connectivity index (χ0) is 23.7. The van der Waals surface area contributed by atoms with Gasteiger partial charge < -0.3 is 4.90 Å². The Hall–Kier alpha value is -3.85. The molecule has 0 aliphatic rings. The zero-order valence-electron chi connectivity index (χ0n) is 17.8. The second-order valence-electron chi connectivity index (χ2n) is 7.50. The van der Waals surface area contributed by atoms with Crippen LogP contribution in [0.4, 0.5) is 5.69 Å². The van der Waals surface area contributed by atoms with E-state index in [9.17, 15) is 19.7 Å². The molecule has 0 radical (unpaired) electrons. The van der Waals surface area contributed by atoms with Gasteiger partial charge in [-0.3, -0.25) is 24.3 Å². The van der Waals surface area contributed by atoms with Gasteiger partial charge in [0.2, 0.25) is 0 Å². The van der Waals surface area contributed by atoms with Crippen molar-refractivity contribution in [1.82, 2.24) is 14.5 Å². The molecule has 3 aromatic carbocycles. The standard InChI is InChI=1S/C24H19BrN4O4/c1-15(27(2)23(30)16-7-11-19(12-8-16)29(32)33)22-26-21-6-4-3-5-20(21)24(31)28(22)18-13-9-17(25)10-14-18/h3-15H,1-2H3. The minimum Gasteiger partial charge on any atom is -0.332 e. The van der Waals surface area contributed by atoms with Crippen molar-refractivity contribution < 1.29 is 9.72 Å². The van der Waals surface area contributed by atoms with Crippen LogP contribution in [0.25, 0.3) is 16.6 Å². The molecule has 4 rings (SSSR count). The highest BCUT2D eigenvalue weighted by molar-refractivity contribution is 9.10. The summed E-state index contributed by atoms with van der Waals surface area (Å²) in [5.74, 6) is 0.0564. The molecule has 0 bridgehead atoms. The molecule has 1 amide bonds. The van der Waals surface area contributed by atoms with E-state index in [0.29, 0.717) is 28.0 Å². The molecule has 0 spiro atoms. The predicted octanol–water partition coefficient (Wildman–Crippen LogP) is 4.89. The first-order chi connectivity index (χ1) is 15.8. The highest BCUT2D eigenvalue weighted by Gasteiger charge is 2.25. The lowest BCUT2D eigenvalue weighted by Gasteiger charge is -2.27. The summed E-state index contributed by atoms with van der Waals surface area (Å²) in [5, 5.41) is 11.4. The third-order valence-electron chi connectivity index (χ3n) is 5.49. The lowest BCUT2D eigenvalue weighted by molar-refractivity contribution is -0.384. The van der Waals surface area contributed by atoms with E-state index in [1.165, 1.54) is 33.7 Å². The van der Waals surface area contributed by atoms with Crippen LogP contribution in [0, 0.1) is 10.1 Å². The van der Waals surface area contributed by atoms with Crippen molar-refractivity contribution in [3.63, 3.8) is 0 Å². The lowest BCUT2D eigenvalue weighted by atomic mass is 10.1. The Morgan fingerprint density at radius 1 is 1.06 bits per heavy atom. The Labute approximate surface area is 197 Å². The van der Waals surface area contributed by atoms with Crippen molar-refractivity contribution in [2.24, 2.45) is 0 Å². The van der Waals surface area contributed by atoms with Gasteiger partial charge in [0.15, 0.2) is 0 Å². The van der Waals surface area contributed by atoms with Gasteiger partial charge in [-0.15, -0.1) is 0 Å². The number of non-ortho nitro benzene ring substituents is 1. The highest BCUT2D eigenvalue weighted by atomic mass is 79.9. The average molecular weight is 507 g/mol. The van der Waals surface area contributed by atoms with E-state index in [-0.39, 0.29) is 17.2 Å². The first-order valence-corrected chi connectivity index (χ1v) is 10.9. The van der Waals surface area contributed by atoms with Crippen LogP contribution in [0.1, 0.15) is 29.1 Å². The third-order valence-corrected chi connectivity index (χ3v) is 6.02. The number of aromatic nitrogens is 2. The van der Waals surface area contributed by atoms with Crippen LogP contribution in [0.2, 0.25) is 0 Å². The fourth-order valence-electron chi connectivity index (χ4n) is 3.55. The molecular weight excluding hydrogens is 488 g/mol. The van der Waals surface area contributed by atoms with Gasteiger partial charge in [-0.25, -0.2) is 4.98 Å². The van der Waals surface area contributed by atoms with Crippen LogP contribution in [-0.2, 0) is 0 Å². The maximum atomic E-state index is 13.4. The SMILES string of the molecule is CC(c1nc2ccccc2c(=O)n1-c1ccc(Br)cc1)N(C)C(=O)c1ccc([N+](=O)[O-])cc1. The molecule has 0 fully saturated rings. The van der Waals surface area contributed by atoms with Crippen molar-refractivity contribution in [3.8, 4) is 5.69 Å². The van der Waals surface area contributed by atoms with Crippen LogP contribution in [0.15, 0.2) is 82.1 Å². The van der Waals surface area contributed by atoms with E-state index < -0.39 is 11.0 Å². The molecule has 1 atom stereocenters. The number of hydrogen-bond donors (Lipinski definition) is 0. The van der Waals surface area contributed by atoms with E-state index in [2.05, 4.69) is 15.9 Å². The summed E-state index contributed by atoms with van der Waals surface area (Å²) >= 11 is 3.41. The van der Waals surface area contributed by atoms with Gasteiger partial charge >= 0.3 is 0 Å². The average Bonchev–Trinajstić information content (AvgIpc) is 2.83. The van der Waals surface area contributed by atoms with E-state index in [4.69, 9.17) is 4.98 Å². The lowest BCUT2D eigenvalue weighted by Crippen LogP contribution is -2.34. The van der Waals surface area contributed by atoms with E-state index >= 15 is 0 Å². The number of para-hydroxylation sites is 1.